The minimum absolute atomic E-state index is 0.0608. The minimum atomic E-state index is -0.492. The van der Waals surface area contributed by atoms with Gasteiger partial charge in [0.15, 0.2) is 11.5 Å². The van der Waals surface area contributed by atoms with Gasteiger partial charge in [-0.15, -0.1) is 0 Å². The van der Waals surface area contributed by atoms with E-state index >= 15 is 0 Å². The average molecular weight is 517 g/mol. The van der Waals surface area contributed by atoms with Crippen LogP contribution in [0.25, 0.3) is 0 Å². The first-order valence-electron chi connectivity index (χ1n) is 13.8. The van der Waals surface area contributed by atoms with Gasteiger partial charge in [0.05, 0.1) is 18.6 Å². The maximum absolute atomic E-state index is 13.5. The fraction of sp³-hybridized carbons (Fsp3) is 0.484. The van der Waals surface area contributed by atoms with Gasteiger partial charge in [-0.2, -0.15) is 0 Å². The van der Waals surface area contributed by atoms with Crippen molar-refractivity contribution in [2.45, 2.75) is 50.9 Å². The Bertz CT molecular complexity index is 1240. The minimum Gasteiger partial charge on any atom is -0.454 e. The molecule has 2 fully saturated rings. The monoisotopic (exact) mass is 516 g/mol. The van der Waals surface area contributed by atoms with Crippen LogP contribution in [0.1, 0.15) is 66.9 Å². The predicted octanol–water partition coefficient (Wildman–Crippen LogP) is 4.77. The SMILES string of the molecule is CC(C)C1CCC(NC(=O)C2(c3ccc4c(c3)OCO4)CC2)=CC1c1ccc(C(=O)N2CCOCC2)cc1. The van der Waals surface area contributed by atoms with Gasteiger partial charge in [0.25, 0.3) is 5.91 Å². The number of nitrogens with one attached hydrogen (secondary N) is 1. The Morgan fingerprint density at radius 3 is 2.45 bits per heavy atom. The van der Waals surface area contributed by atoms with Crippen molar-refractivity contribution >= 4 is 11.8 Å². The van der Waals surface area contributed by atoms with Gasteiger partial charge in [0.2, 0.25) is 12.7 Å². The molecule has 6 rings (SSSR count). The van der Waals surface area contributed by atoms with Gasteiger partial charge in [-0.3, -0.25) is 9.59 Å². The number of morpholine rings is 1. The number of ether oxygens (including phenoxy) is 3. The maximum atomic E-state index is 13.5. The third-order valence-electron chi connectivity index (χ3n) is 8.67. The van der Waals surface area contributed by atoms with Gasteiger partial charge in [-0.25, -0.2) is 0 Å². The summed E-state index contributed by atoms with van der Waals surface area (Å²) in [7, 11) is 0. The first-order chi connectivity index (χ1) is 18.4. The Kier molecular flexibility index (Phi) is 6.64. The average Bonchev–Trinajstić information content (AvgIpc) is 3.63. The molecular weight excluding hydrogens is 480 g/mol. The second-order valence-electron chi connectivity index (χ2n) is 11.3. The summed E-state index contributed by atoms with van der Waals surface area (Å²) in [4.78, 5) is 28.3. The summed E-state index contributed by atoms with van der Waals surface area (Å²) in [5, 5.41) is 3.30. The van der Waals surface area contributed by atoms with Crippen LogP contribution in [-0.2, 0) is 14.9 Å². The van der Waals surface area contributed by atoms with Crippen LogP contribution in [0.15, 0.2) is 54.2 Å². The van der Waals surface area contributed by atoms with Gasteiger partial charge in [-0.1, -0.05) is 38.1 Å². The van der Waals surface area contributed by atoms with E-state index in [9.17, 15) is 9.59 Å². The second-order valence-corrected chi connectivity index (χ2v) is 11.3. The topological polar surface area (TPSA) is 77.1 Å². The molecule has 2 heterocycles. The molecule has 2 atom stereocenters. The second kappa shape index (κ2) is 10.1. The van der Waals surface area contributed by atoms with Gasteiger partial charge in [-0.05, 0) is 72.9 Å². The molecule has 2 unspecified atom stereocenters. The van der Waals surface area contributed by atoms with E-state index in [1.165, 1.54) is 5.56 Å². The van der Waals surface area contributed by atoms with Crippen LogP contribution < -0.4 is 14.8 Å². The lowest BCUT2D eigenvalue weighted by Gasteiger charge is -2.34. The molecule has 38 heavy (non-hydrogen) atoms. The number of hydrogen-bond donors (Lipinski definition) is 1. The molecule has 2 aliphatic heterocycles. The number of allylic oxidation sites excluding steroid dienone is 2. The molecule has 7 nitrogen and oxygen atoms in total. The molecule has 7 heteroatoms. The van der Waals surface area contributed by atoms with E-state index in [0.717, 1.165) is 42.7 Å². The Labute approximate surface area is 224 Å². The van der Waals surface area contributed by atoms with E-state index < -0.39 is 5.41 Å². The summed E-state index contributed by atoms with van der Waals surface area (Å²) in [5.74, 6) is 2.74. The molecule has 0 aromatic heterocycles. The fourth-order valence-corrected chi connectivity index (χ4v) is 6.15. The zero-order valence-electron chi connectivity index (χ0n) is 22.2. The standard InChI is InChI=1S/C31H36N2O5/c1-20(2)25-9-8-24(32-30(35)31(11-12-31)23-7-10-27-28(17-23)38-19-37-27)18-26(25)21-3-5-22(6-4-21)29(34)33-13-15-36-16-14-33/h3-7,10,17-18,20,25-26H,8-9,11-16,19H2,1-2H3,(H,32,35). The summed E-state index contributed by atoms with van der Waals surface area (Å²) >= 11 is 0. The number of fused-ring (bicyclic) bond motifs is 1. The first-order valence-corrected chi connectivity index (χ1v) is 13.8. The number of hydrogen-bond acceptors (Lipinski definition) is 5. The number of benzene rings is 2. The van der Waals surface area contributed by atoms with Crippen LogP contribution in [0.3, 0.4) is 0 Å². The van der Waals surface area contributed by atoms with Crippen molar-refractivity contribution in [3.8, 4) is 11.5 Å². The van der Waals surface area contributed by atoms with Crippen LogP contribution in [0.5, 0.6) is 11.5 Å². The van der Waals surface area contributed by atoms with Gasteiger partial charge in [0.1, 0.15) is 0 Å². The molecule has 200 valence electrons. The molecular formula is C31H36N2O5. The molecule has 2 aliphatic carbocycles. The van der Waals surface area contributed by atoms with Crippen molar-refractivity contribution in [3.63, 3.8) is 0 Å². The van der Waals surface area contributed by atoms with Crippen molar-refractivity contribution in [1.29, 1.82) is 0 Å². The molecule has 1 saturated carbocycles. The molecule has 0 spiro atoms. The van der Waals surface area contributed by atoms with E-state index in [-0.39, 0.29) is 24.5 Å². The summed E-state index contributed by atoms with van der Waals surface area (Å²) < 4.78 is 16.4. The number of rotatable bonds is 6. The molecule has 2 amide bonds. The molecule has 4 aliphatic rings. The highest BCUT2D eigenvalue weighted by molar-refractivity contribution is 5.94. The summed E-state index contributed by atoms with van der Waals surface area (Å²) in [6, 6.07) is 13.9. The number of amides is 2. The molecule has 2 aromatic carbocycles. The van der Waals surface area contributed by atoms with Crippen molar-refractivity contribution < 1.29 is 23.8 Å². The van der Waals surface area contributed by atoms with E-state index in [2.05, 4.69) is 37.4 Å². The van der Waals surface area contributed by atoms with Crippen LogP contribution in [0.2, 0.25) is 0 Å². The predicted molar refractivity (Wildman–Crippen MR) is 143 cm³/mol. The van der Waals surface area contributed by atoms with Gasteiger partial charge in [0, 0.05) is 30.3 Å². The van der Waals surface area contributed by atoms with Crippen molar-refractivity contribution in [1.82, 2.24) is 10.2 Å². The lowest BCUT2D eigenvalue weighted by atomic mass is 9.73. The highest BCUT2D eigenvalue weighted by Gasteiger charge is 2.52. The largest absolute Gasteiger partial charge is 0.454 e. The Balaban J connectivity index is 1.20. The smallest absolute Gasteiger partial charge is 0.254 e. The van der Waals surface area contributed by atoms with Gasteiger partial charge < -0.3 is 24.4 Å². The normalized spacial score (nSPS) is 23.7. The zero-order valence-corrected chi connectivity index (χ0v) is 22.2. The van der Waals surface area contributed by atoms with E-state index in [1.54, 1.807) is 0 Å². The summed E-state index contributed by atoms with van der Waals surface area (Å²) in [5.41, 5.74) is 3.40. The van der Waals surface area contributed by atoms with Crippen molar-refractivity contribution in [2.24, 2.45) is 11.8 Å². The molecule has 2 aromatic rings. The molecule has 1 N–H and O–H groups in total. The first kappa shape index (κ1) is 25.0. The fourth-order valence-electron chi connectivity index (χ4n) is 6.15. The number of carbonyl (C=O) groups is 2. The molecule has 0 bridgehead atoms. The Morgan fingerprint density at radius 1 is 1.00 bits per heavy atom. The van der Waals surface area contributed by atoms with Crippen LogP contribution in [0.4, 0.5) is 0 Å². The van der Waals surface area contributed by atoms with E-state index in [0.29, 0.717) is 49.5 Å². The number of nitrogens with zero attached hydrogens (tertiary/aromatic N) is 1. The zero-order chi connectivity index (χ0) is 26.3. The Morgan fingerprint density at radius 2 is 1.74 bits per heavy atom. The molecule has 0 radical (unpaired) electrons. The number of carbonyl (C=O) groups excluding carboxylic acids is 2. The summed E-state index contributed by atoms with van der Waals surface area (Å²) in [6.07, 6.45) is 5.79. The van der Waals surface area contributed by atoms with E-state index in [4.69, 9.17) is 14.2 Å². The summed E-state index contributed by atoms with van der Waals surface area (Å²) in [6.45, 7) is 7.23. The van der Waals surface area contributed by atoms with Crippen LogP contribution in [0, 0.1) is 11.8 Å². The lowest BCUT2D eigenvalue weighted by Crippen LogP contribution is -2.40. The highest BCUT2D eigenvalue weighted by atomic mass is 16.7. The highest BCUT2D eigenvalue weighted by Crippen LogP contribution is 2.51. The van der Waals surface area contributed by atoms with Crippen molar-refractivity contribution in [2.75, 3.05) is 33.1 Å². The maximum Gasteiger partial charge on any atom is 0.254 e. The van der Waals surface area contributed by atoms with E-state index in [1.807, 2.05) is 35.2 Å². The lowest BCUT2D eigenvalue weighted by molar-refractivity contribution is -0.122. The van der Waals surface area contributed by atoms with Crippen LogP contribution >= 0.6 is 0 Å². The van der Waals surface area contributed by atoms with Gasteiger partial charge >= 0.3 is 0 Å². The third kappa shape index (κ3) is 4.68. The molecule has 1 saturated heterocycles. The quantitative estimate of drug-likeness (QED) is 0.599. The van der Waals surface area contributed by atoms with Crippen LogP contribution in [-0.4, -0.2) is 49.8 Å². The third-order valence-corrected chi connectivity index (χ3v) is 8.67. The Hall–Kier alpha value is -3.32. The van der Waals surface area contributed by atoms with Crippen molar-refractivity contribution in [3.05, 3.63) is 70.9 Å².